The third kappa shape index (κ3) is 4.99. The first-order valence-corrected chi connectivity index (χ1v) is 7.48. The summed E-state index contributed by atoms with van der Waals surface area (Å²) >= 11 is 0. The number of hydrogen-bond acceptors (Lipinski definition) is 1. The van der Waals surface area contributed by atoms with Crippen molar-refractivity contribution in [3.63, 3.8) is 0 Å². The normalized spacial score (nSPS) is 27.2. The molecule has 0 unspecified atom stereocenters. The Morgan fingerprint density at radius 2 is 1.47 bits per heavy atom. The lowest BCUT2D eigenvalue weighted by Gasteiger charge is -2.39. The summed E-state index contributed by atoms with van der Waals surface area (Å²) in [6.45, 7) is 15.3. The van der Waals surface area contributed by atoms with Crippen LogP contribution >= 0.6 is 0 Å². The van der Waals surface area contributed by atoms with Gasteiger partial charge >= 0.3 is 0 Å². The number of rotatable bonds is 4. The molecular formula is C16H33N. The molecule has 0 spiro atoms. The van der Waals surface area contributed by atoms with Crippen molar-refractivity contribution in [1.29, 1.82) is 0 Å². The van der Waals surface area contributed by atoms with Crippen LogP contribution in [0.4, 0.5) is 0 Å². The third-order valence-corrected chi connectivity index (χ3v) is 4.66. The summed E-state index contributed by atoms with van der Waals surface area (Å²) in [5, 5.41) is 3.75. The van der Waals surface area contributed by atoms with Crippen molar-refractivity contribution in [3.05, 3.63) is 0 Å². The van der Waals surface area contributed by atoms with Gasteiger partial charge in [-0.2, -0.15) is 0 Å². The smallest absolute Gasteiger partial charge is 0.00675 e. The zero-order valence-corrected chi connectivity index (χ0v) is 12.9. The quantitative estimate of drug-likeness (QED) is 0.755. The molecule has 0 aliphatic heterocycles. The van der Waals surface area contributed by atoms with Gasteiger partial charge in [0.25, 0.3) is 0 Å². The molecule has 0 aromatic heterocycles. The fraction of sp³-hybridized carbons (Fsp3) is 1.00. The molecule has 0 aromatic carbocycles. The van der Waals surface area contributed by atoms with Crippen LogP contribution in [-0.2, 0) is 0 Å². The summed E-state index contributed by atoms with van der Waals surface area (Å²) in [6.07, 6.45) is 6.91. The molecule has 1 N–H and O–H groups in total. The standard InChI is InChI=1S/C16H33N/c1-7-16(5,6)13-8-10-14(11-9-13)17-12-15(2,3)4/h13-14,17H,7-12H2,1-6H3. The van der Waals surface area contributed by atoms with E-state index in [4.69, 9.17) is 0 Å². The van der Waals surface area contributed by atoms with E-state index in [1.807, 2.05) is 0 Å². The molecule has 1 saturated carbocycles. The van der Waals surface area contributed by atoms with Crippen LogP contribution in [0, 0.1) is 16.7 Å². The molecule has 0 saturated heterocycles. The van der Waals surface area contributed by atoms with Crippen molar-refractivity contribution in [2.45, 2.75) is 79.7 Å². The maximum atomic E-state index is 3.75. The highest BCUT2D eigenvalue weighted by Gasteiger charge is 2.31. The molecular weight excluding hydrogens is 206 g/mol. The van der Waals surface area contributed by atoms with Crippen LogP contribution < -0.4 is 5.32 Å². The first kappa shape index (κ1) is 15.0. The summed E-state index contributed by atoms with van der Waals surface area (Å²) in [6, 6.07) is 0.776. The molecule has 1 rings (SSSR count). The van der Waals surface area contributed by atoms with Crippen LogP contribution in [0.5, 0.6) is 0 Å². The maximum absolute atomic E-state index is 3.75. The van der Waals surface area contributed by atoms with Gasteiger partial charge in [-0.25, -0.2) is 0 Å². The second-order valence-electron chi connectivity index (χ2n) is 7.83. The first-order valence-electron chi connectivity index (χ1n) is 7.48. The average molecular weight is 239 g/mol. The molecule has 1 aliphatic carbocycles. The Kier molecular flexibility index (Phi) is 5.07. The monoisotopic (exact) mass is 239 g/mol. The lowest BCUT2D eigenvalue weighted by atomic mass is 9.69. The van der Waals surface area contributed by atoms with Crippen LogP contribution in [0.25, 0.3) is 0 Å². The second kappa shape index (κ2) is 5.73. The molecule has 17 heavy (non-hydrogen) atoms. The van der Waals surface area contributed by atoms with E-state index >= 15 is 0 Å². The summed E-state index contributed by atoms with van der Waals surface area (Å²) in [4.78, 5) is 0. The first-order chi connectivity index (χ1) is 7.74. The highest BCUT2D eigenvalue weighted by Crippen LogP contribution is 2.40. The number of hydrogen-bond donors (Lipinski definition) is 1. The maximum Gasteiger partial charge on any atom is 0.00675 e. The van der Waals surface area contributed by atoms with Gasteiger partial charge in [0.1, 0.15) is 0 Å². The van der Waals surface area contributed by atoms with Crippen LogP contribution in [-0.4, -0.2) is 12.6 Å². The second-order valence-corrected chi connectivity index (χ2v) is 7.83. The van der Waals surface area contributed by atoms with Crippen molar-refractivity contribution in [2.24, 2.45) is 16.7 Å². The SMILES string of the molecule is CCC(C)(C)C1CCC(NCC(C)(C)C)CC1. The predicted molar refractivity (Wildman–Crippen MR) is 77.3 cm³/mol. The molecule has 0 radical (unpaired) electrons. The minimum atomic E-state index is 0.416. The largest absolute Gasteiger partial charge is 0.313 e. The lowest BCUT2D eigenvalue weighted by Crippen LogP contribution is -2.40. The Morgan fingerprint density at radius 3 is 1.88 bits per heavy atom. The van der Waals surface area contributed by atoms with E-state index in [1.165, 1.54) is 32.1 Å². The van der Waals surface area contributed by atoms with Gasteiger partial charge in [-0.05, 0) is 42.4 Å². The van der Waals surface area contributed by atoms with Crippen LogP contribution in [0.2, 0.25) is 0 Å². The van der Waals surface area contributed by atoms with Crippen molar-refractivity contribution in [2.75, 3.05) is 6.54 Å². The van der Waals surface area contributed by atoms with Gasteiger partial charge in [0.2, 0.25) is 0 Å². The van der Waals surface area contributed by atoms with Crippen LogP contribution in [0.15, 0.2) is 0 Å². The van der Waals surface area contributed by atoms with Gasteiger partial charge in [-0.1, -0.05) is 48.0 Å². The Hall–Kier alpha value is -0.0400. The number of nitrogens with one attached hydrogen (secondary N) is 1. The van der Waals surface area contributed by atoms with Gasteiger partial charge in [0, 0.05) is 12.6 Å². The van der Waals surface area contributed by atoms with E-state index in [0.717, 1.165) is 18.5 Å². The molecule has 102 valence electrons. The highest BCUT2D eigenvalue weighted by molar-refractivity contribution is 4.85. The Balaban J connectivity index is 2.31. The molecule has 1 heteroatoms. The fourth-order valence-electron chi connectivity index (χ4n) is 2.82. The van der Waals surface area contributed by atoms with Gasteiger partial charge in [-0.3, -0.25) is 0 Å². The predicted octanol–water partition coefficient (Wildman–Crippen LogP) is 4.62. The minimum Gasteiger partial charge on any atom is -0.313 e. The minimum absolute atomic E-state index is 0.416. The van der Waals surface area contributed by atoms with E-state index in [0.29, 0.717) is 10.8 Å². The Morgan fingerprint density at radius 1 is 0.941 bits per heavy atom. The fourth-order valence-corrected chi connectivity index (χ4v) is 2.82. The molecule has 0 heterocycles. The van der Waals surface area contributed by atoms with E-state index < -0.39 is 0 Å². The Labute approximate surface area is 109 Å². The van der Waals surface area contributed by atoms with Crippen LogP contribution in [0.3, 0.4) is 0 Å². The molecule has 0 bridgehead atoms. The van der Waals surface area contributed by atoms with Crippen molar-refractivity contribution in [1.82, 2.24) is 5.32 Å². The zero-order chi connectivity index (χ0) is 13.1. The van der Waals surface area contributed by atoms with Crippen molar-refractivity contribution in [3.8, 4) is 0 Å². The van der Waals surface area contributed by atoms with Crippen molar-refractivity contribution >= 4 is 0 Å². The van der Waals surface area contributed by atoms with Gasteiger partial charge < -0.3 is 5.32 Å². The summed E-state index contributed by atoms with van der Waals surface area (Å²) in [7, 11) is 0. The van der Waals surface area contributed by atoms with E-state index in [9.17, 15) is 0 Å². The molecule has 1 fully saturated rings. The molecule has 0 atom stereocenters. The topological polar surface area (TPSA) is 12.0 Å². The van der Waals surface area contributed by atoms with Gasteiger partial charge in [0.15, 0.2) is 0 Å². The zero-order valence-electron chi connectivity index (χ0n) is 12.9. The van der Waals surface area contributed by atoms with E-state index in [-0.39, 0.29) is 0 Å². The summed E-state index contributed by atoms with van der Waals surface area (Å²) in [5.74, 6) is 0.945. The van der Waals surface area contributed by atoms with Gasteiger partial charge in [-0.15, -0.1) is 0 Å². The molecule has 0 amide bonds. The van der Waals surface area contributed by atoms with E-state index in [1.54, 1.807) is 0 Å². The van der Waals surface area contributed by atoms with Crippen LogP contribution in [0.1, 0.15) is 73.6 Å². The van der Waals surface area contributed by atoms with Gasteiger partial charge in [0.05, 0.1) is 0 Å². The van der Waals surface area contributed by atoms with Crippen molar-refractivity contribution < 1.29 is 0 Å². The average Bonchev–Trinajstić information content (AvgIpc) is 2.26. The third-order valence-electron chi connectivity index (χ3n) is 4.66. The summed E-state index contributed by atoms with van der Waals surface area (Å²) < 4.78 is 0. The molecule has 0 aromatic rings. The van der Waals surface area contributed by atoms with E-state index in [2.05, 4.69) is 46.9 Å². The Bertz CT molecular complexity index is 216. The molecule has 1 nitrogen and oxygen atoms in total. The lowest BCUT2D eigenvalue weighted by molar-refractivity contribution is 0.134. The molecule has 1 aliphatic rings. The highest BCUT2D eigenvalue weighted by atomic mass is 14.9. The summed E-state index contributed by atoms with van der Waals surface area (Å²) in [5.41, 5.74) is 0.967.